The number of benzene rings is 1. The predicted molar refractivity (Wildman–Crippen MR) is 82.6 cm³/mol. The number of anilines is 3. The van der Waals surface area contributed by atoms with E-state index in [4.69, 9.17) is 5.11 Å². The second-order valence-corrected chi connectivity index (χ2v) is 4.19. The van der Waals surface area contributed by atoms with Crippen molar-refractivity contribution in [1.29, 1.82) is 0 Å². The third-order valence-electron chi connectivity index (χ3n) is 2.60. The molecule has 3 N–H and O–H groups in total. The monoisotopic (exact) mass is 284 g/mol. The summed E-state index contributed by atoms with van der Waals surface area (Å²) in [5, 5.41) is 14.9. The van der Waals surface area contributed by atoms with E-state index in [1.165, 1.54) is 6.08 Å². The number of carbonyl (C=O) groups is 1. The second kappa shape index (κ2) is 7.04. The maximum atomic E-state index is 10.6. The summed E-state index contributed by atoms with van der Waals surface area (Å²) in [6.07, 6.45) is 4.10. The van der Waals surface area contributed by atoms with Crippen LogP contribution in [0.25, 0.3) is 6.08 Å². The van der Waals surface area contributed by atoms with Crippen molar-refractivity contribution in [2.75, 3.05) is 17.2 Å². The van der Waals surface area contributed by atoms with Crippen LogP contribution in [0.15, 0.2) is 42.6 Å². The third-order valence-corrected chi connectivity index (χ3v) is 2.60. The van der Waals surface area contributed by atoms with E-state index in [1.807, 2.05) is 37.3 Å². The molecule has 6 nitrogen and oxygen atoms in total. The molecule has 0 radical (unpaired) electrons. The van der Waals surface area contributed by atoms with Crippen LogP contribution in [-0.4, -0.2) is 27.6 Å². The fourth-order valence-corrected chi connectivity index (χ4v) is 1.69. The SMILES string of the molecule is CCNc1nc(Nc2ccccc2)ncc1/C=C/C(=O)O. The molecule has 0 saturated heterocycles. The lowest BCUT2D eigenvalue weighted by Crippen LogP contribution is -2.05. The Bertz CT molecular complexity index is 641. The molecule has 0 amide bonds. The van der Waals surface area contributed by atoms with Crippen LogP contribution in [0.5, 0.6) is 0 Å². The van der Waals surface area contributed by atoms with Gasteiger partial charge in [-0.1, -0.05) is 18.2 Å². The van der Waals surface area contributed by atoms with Gasteiger partial charge in [-0.15, -0.1) is 0 Å². The number of carboxylic acids is 1. The van der Waals surface area contributed by atoms with Gasteiger partial charge >= 0.3 is 5.97 Å². The van der Waals surface area contributed by atoms with Gasteiger partial charge in [0.2, 0.25) is 5.95 Å². The average Bonchev–Trinajstić information content (AvgIpc) is 2.48. The molecular weight excluding hydrogens is 268 g/mol. The highest BCUT2D eigenvalue weighted by atomic mass is 16.4. The van der Waals surface area contributed by atoms with E-state index in [9.17, 15) is 4.79 Å². The van der Waals surface area contributed by atoms with E-state index in [1.54, 1.807) is 6.20 Å². The number of rotatable bonds is 6. The molecular formula is C15H16N4O2. The van der Waals surface area contributed by atoms with Gasteiger partial charge in [0.1, 0.15) is 5.82 Å². The van der Waals surface area contributed by atoms with Gasteiger partial charge in [0.05, 0.1) is 0 Å². The van der Waals surface area contributed by atoms with Crippen molar-refractivity contribution in [1.82, 2.24) is 9.97 Å². The molecule has 1 aromatic carbocycles. The molecule has 108 valence electrons. The summed E-state index contributed by atoms with van der Waals surface area (Å²) < 4.78 is 0. The summed E-state index contributed by atoms with van der Waals surface area (Å²) in [6.45, 7) is 2.62. The normalized spacial score (nSPS) is 10.5. The number of para-hydroxylation sites is 1. The van der Waals surface area contributed by atoms with Crippen molar-refractivity contribution >= 4 is 29.5 Å². The molecule has 0 aliphatic heterocycles. The molecule has 0 unspecified atom stereocenters. The highest BCUT2D eigenvalue weighted by Gasteiger charge is 2.05. The number of hydrogen-bond acceptors (Lipinski definition) is 5. The Morgan fingerprint density at radius 2 is 2.10 bits per heavy atom. The van der Waals surface area contributed by atoms with Crippen LogP contribution in [-0.2, 0) is 4.79 Å². The lowest BCUT2D eigenvalue weighted by atomic mass is 10.2. The van der Waals surface area contributed by atoms with Gasteiger partial charge in [-0.2, -0.15) is 4.98 Å². The van der Waals surface area contributed by atoms with Crippen molar-refractivity contribution in [3.63, 3.8) is 0 Å². The summed E-state index contributed by atoms with van der Waals surface area (Å²) in [5.41, 5.74) is 1.51. The Labute approximate surface area is 122 Å². The average molecular weight is 284 g/mol. The molecule has 1 aromatic heterocycles. The minimum atomic E-state index is -1.01. The van der Waals surface area contributed by atoms with Gasteiger partial charge < -0.3 is 15.7 Å². The lowest BCUT2D eigenvalue weighted by Gasteiger charge is -2.09. The largest absolute Gasteiger partial charge is 0.478 e. The van der Waals surface area contributed by atoms with Gasteiger partial charge in [-0.05, 0) is 25.1 Å². The van der Waals surface area contributed by atoms with E-state index >= 15 is 0 Å². The van der Waals surface area contributed by atoms with Crippen LogP contribution >= 0.6 is 0 Å². The Hall–Kier alpha value is -2.89. The first kappa shape index (κ1) is 14.5. The summed E-state index contributed by atoms with van der Waals surface area (Å²) in [5.74, 6) is 0.0250. The van der Waals surface area contributed by atoms with Gasteiger partial charge in [0, 0.05) is 30.1 Å². The molecule has 1 heterocycles. The number of hydrogen-bond donors (Lipinski definition) is 3. The zero-order valence-corrected chi connectivity index (χ0v) is 11.6. The molecule has 0 atom stereocenters. The summed E-state index contributed by atoms with van der Waals surface area (Å²) in [4.78, 5) is 19.1. The highest BCUT2D eigenvalue weighted by molar-refractivity contribution is 5.86. The predicted octanol–water partition coefficient (Wildman–Crippen LogP) is 2.75. The van der Waals surface area contributed by atoms with Crippen LogP contribution in [0.3, 0.4) is 0 Å². The maximum Gasteiger partial charge on any atom is 0.328 e. The summed E-state index contributed by atoms with van der Waals surface area (Å²) in [6, 6.07) is 9.58. The van der Waals surface area contributed by atoms with Crippen LogP contribution in [0.2, 0.25) is 0 Å². The molecule has 0 fully saturated rings. The van der Waals surface area contributed by atoms with Gasteiger partial charge in [0.25, 0.3) is 0 Å². The van der Waals surface area contributed by atoms with Crippen LogP contribution < -0.4 is 10.6 Å². The molecule has 21 heavy (non-hydrogen) atoms. The van der Waals surface area contributed by atoms with Crippen molar-refractivity contribution in [2.24, 2.45) is 0 Å². The minimum absolute atomic E-state index is 0.449. The Morgan fingerprint density at radius 1 is 1.33 bits per heavy atom. The number of nitrogens with zero attached hydrogens (tertiary/aromatic N) is 2. The van der Waals surface area contributed by atoms with Gasteiger partial charge in [0.15, 0.2) is 0 Å². The van der Waals surface area contributed by atoms with E-state index in [0.717, 1.165) is 11.8 Å². The zero-order chi connectivity index (χ0) is 15.1. The quantitative estimate of drug-likeness (QED) is 0.707. The fraction of sp³-hybridized carbons (Fsp3) is 0.133. The van der Waals surface area contributed by atoms with Crippen molar-refractivity contribution in [3.05, 3.63) is 48.2 Å². The van der Waals surface area contributed by atoms with Crippen LogP contribution in [0.4, 0.5) is 17.5 Å². The fourth-order valence-electron chi connectivity index (χ4n) is 1.69. The van der Waals surface area contributed by atoms with Crippen molar-refractivity contribution in [3.8, 4) is 0 Å². The second-order valence-electron chi connectivity index (χ2n) is 4.19. The highest BCUT2D eigenvalue weighted by Crippen LogP contribution is 2.18. The van der Waals surface area contributed by atoms with Crippen LogP contribution in [0.1, 0.15) is 12.5 Å². The van der Waals surface area contributed by atoms with E-state index in [0.29, 0.717) is 23.9 Å². The van der Waals surface area contributed by atoms with Gasteiger partial charge in [-0.25, -0.2) is 9.78 Å². The first-order valence-electron chi connectivity index (χ1n) is 6.53. The molecule has 0 aliphatic rings. The van der Waals surface area contributed by atoms with E-state index < -0.39 is 5.97 Å². The van der Waals surface area contributed by atoms with E-state index in [-0.39, 0.29) is 0 Å². The molecule has 0 saturated carbocycles. The number of carboxylic acid groups (broad SMARTS) is 1. The first-order chi connectivity index (χ1) is 10.2. The van der Waals surface area contributed by atoms with Gasteiger partial charge in [-0.3, -0.25) is 0 Å². The molecule has 2 rings (SSSR count). The smallest absolute Gasteiger partial charge is 0.328 e. The Balaban J connectivity index is 2.25. The van der Waals surface area contributed by atoms with Crippen LogP contribution in [0, 0.1) is 0 Å². The first-order valence-corrected chi connectivity index (χ1v) is 6.53. The molecule has 2 aromatic rings. The number of nitrogens with one attached hydrogen (secondary N) is 2. The number of aliphatic carboxylic acids is 1. The molecule has 0 aliphatic carbocycles. The minimum Gasteiger partial charge on any atom is -0.478 e. The van der Waals surface area contributed by atoms with Crippen molar-refractivity contribution in [2.45, 2.75) is 6.92 Å². The molecule has 0 spiro atoms. The Morgan fingerprint density at radius 3 is 2.76 bits per heavy atom. The molecule has 6 heteroatoms. The third kappa shape index (κ3) is 4.31. The topological polar surface area (TPSA) is 87.1 Å². The summed E-state index contributed by atoms with van der Waals surface area (Å²) in [7, 11) is 0. The van der Waals surface area contributed by atoms with E-state index in [2.05, 4.69) is 20.6 Å². The molecule has 0 bridgehead atoms. The number of aromatic nitrogens is 2. The zero-order valence-electron chi connectivity index (χ0n) is 11.6. The standard InChI is InChI=1S/C15H16N4O2/c1-2-16-14-11(8-9-13(20)21)10-17-15(19-14)18-12-6-4-3-5-7-12/h3-10H,2H2,1H3,(H,20,21)(H2,16,17,18,19)/b9-8+. The maximum absolute atomic E-state index is 10.6. The summed E-state index contributed by atoms with van der Waals surface area (Å²) >= 11 is 0. The Kier molecular flexibility index (Phi) is 4.87. The lowest BCUT2D eigenvalue weighted by molar-refractivity contribution is -0.131. The van der Waals surface area contributed by atoms with Crippen molar-refractivity contribution < 1.29 is 9.90 Å².